The molecule has 43 heavy (non-hydrogen) atoms. The van der Waals surface area contributed by atoms with E-state index < -0.39 is 70.3 Å². The Hall–Kier alpha value is -2.82. The maximum absolute atomic E-state index is 14.3. The van der Waals surface area contributed by atoms with Crippen molar-refractivity contribution in [3.8, 4) is 0 Å². The number of hydrogen-bond donors (Lipinski definition) is 3. The van der Waals surface area contributed by atoms with Gasteiger partial charge in [0.2, 0.25) is 0 Å². The highest BCUT2D eigenvalue weighted by Crippen LogP contribution is 2.83. The van der Waals surface area contributed by atoms with Gasteiger partial charge >= 0.3 is 17.9 Å². The minimum absolute atomic E-state index is 0.0686. The van der Waals surface area contributed by atoms with Gasteiger partial charge in [-0.25, -0.2) is 9.59 Å². The average molecular weight is 595 g/mol. The normalized spacial score (nSPS) is 50.6. The van der Waals surface area contributed by atoms with E-state index in [1.165, 1.54) is 21.0 Å². The van der Waals surface area contributed by atoms with Gasteiger partial charge in [-0.1, -0.05) is 19.4 Å². The highest BCUT2D eigenvalue weighted by molar-refractivity contribution is 6.09. The molecule has 12 unspecified atom stereocenters. The lowest BCUT2D eigenvalue weighted by molar-refractivity contribution is -0.191. The molecule has 0 bridgehead atoms. The SMILES string of the molecule is COC(=O)C(C)=C1C(=O)C(O)C2(C)C3=C(CC4C5(OC(=O)C(CO)=C5CC5C(O)(COC(C)=O)C6CC6C54C)C13)C1CC12. The van der Waals surface area contributed by atoms with E-state index >= 15 is 0 Å². The lowest BCUT2D eigenvalue weighted by Crippen LogP contribution is -2.67. The van der Waals surface area contributed by atoms with Crippen LogP contribution in [0.25, 0.3) is 0 Å². The molecule has 10 nitrogen and oxygen atoms in total. The molecule has 0 saturated heterocycles. The summed E-state index contributed by atoms with van der Waals surface area (Å²) < 4.78 is 17.0. The van der Waals surface area contributed by atoms with Gasteiger partial charge in [0, 0.05) is 35.3 Å². The summed E-state index contributed by atoms with van der Waals surface area (Å²) in [7, 11) is 1.24. The Morgan fingerprint density at radius 1 is 1.05 bits per heavy atom. The van der Waals surface area contributed by atoms with Crippen LogP contribution in [0.3, 0.4) is 0 Å². The Morgan fingerprint density at radius 2 is 1.77 bits per heavy atom. The summed E-state index contributed by atoms with van der Waals surface area (Å²) in [5.41, 5.74) is -1.23. The summed E-state index contributed by atoms with van der Waals surface area (Å²) in [6, 6.07) is 0. The molecule has 0 amide bonds. The third-order valence-electron chi connectivity index (χ3n) is 13.6. The Balaban J connectivity index is 1.42. The van der Waals surface area contributed by atoms with Crippen LogP contribution in [0.4, 0.5) is 0 Å². The van der Waals surface area contributed by atoms with Gasteiger partial charge < -0.3 is 29.5 Å². The Labute approximate surface area is 249 Å². The molecule has 5 saturated carbocycles. The monoisotopic (exact) mass is 594 g/mol. The molecule has 3 N–H and O–H groups in total. The molecular weight excluding hydrogens is 556 g/mol. The van der Waals surface area contributed by atoms with Crippen molar-refractivity contribution in [1.29, 1.82) is 0 Å². The second kappa shape index (κ2) is 8.06. The maximum Gasteiger partial charge on any atom is 0.337 e. The number of esters is 3. The number of fused-ring (bicyclic) bond motifs is 7. The van der Waals surface area contributed by atoms with E-state index in [4.69, 9.17) is 14.2 Å². The first-order valence-electron chi connectivity index (χ1n) is 15.4. The molecular formula is C33H38O10. The number of hydrogen-bond acceptors (Lipinski definition) is 10. The van der Waals surface area contributed by atoms with Crippen LogP contribution in [-0.4, -0.2) is 76.6 Å². The average Bonchev–Trinajstić information content (AvgIpc) is 3.88. The zero-order valence-corrected chi connectivity index (χ0v) is 25.1. The summed E-state index contributed by atoms with van der Waals surface area (Å²) in [6.45, 7) is 6.18. The summed E-state index contributed by atoms with van der Waals surface area (Å²) in [6.07, 6.45) is 1.01. The number of rotatable bonds is 4. The van der Waals surface area contributed by atoms with Crippen molar-refractivity contribution >= 4 is 23.7 Å². The van der Waals surface area contributed by atoms with Gasteiger partial charge in [-0.3, -0.25) is 9.59 Å². The second-order valence-electron chi connectivity index (χ2n) is 14.8. The molecule has 1 spiro atoms. The molecule has 7 aliphatic carbocycles. The van der Waals surface area contributed by atoms with Crippen molar-refractivity contribution in [2.75, 3.05) is 20.3 Å². The molecule has 12 atom stereocenters. The molecule has 10 heteroatoms. The van der Waals surface area contributed by atoms with Crippen LogP contribution in [-0.2, 0) is 33.4 Å². The molecule has 8 rings (SSSR count). The molecule has 1 heterocycles. The van der Waals surface area contributed by atoms with E-state index in [0.29, 0.717) is 12.0 Å². The molecule has 0 aromatic carbocycles. The summed E-state index contributed by atoms with van der Waals surface area (Å²) in [5, 5.41) is 34.5. The number of ketones is 1. The first kappa shape index (κ1) is 27.7. The first-order chi connectivity index (χ1) is 20.2. The van der Waals surface area contributed by atoms with E-state index in [0.717, 1.165) is 24.0 Å². The predicted octanol–water partition coefficient (Wildman–Crippen LogP) is 1.56. The summed E-state index contributed by atoms with van der Waals surface area (Å²) in [5.74, 6) is -3.77. The number of allylic oxidation sites excluding steroid dienone is 1. The lowest BCUT2D eigenvalue weighted by Gasteiger charge is -2.63. The highest BCUT2D eigenvalue weighted by atomic mass is 16.6. The van der Waals surface area contributed by atoms with Gasteiger partial charge in [0.15, 0.2) is 5.78 Å². The zero-order valence-electron chi connectivity index (χ0n) is 25.1. The Bertz CT molecular complexity index is 1550. The van der Waals surface area contributed by atoms with Crippen LogP contribution in [0.5, 0.6) is 0 Å². The van der Waals surface area contributed by atoms with E-state index in [1.807, 2.05) is 6.92 Å². The minimum atomic E-state index is -1.38. The standard InChI is InChI=1S/C33H38O10/c1-12(28(38)41-5)23-25-24-15(14-6-17(14)31(24,4)27(37)26(23)36)7-22-30(3)19-8-20(19)32(40,11-42-13(2)35)21(30)9-18-16(10-34)29(39)43-33(18,22)25/h14,17,19-22,25,27,34,37,40H,6-11H2,1-5H3. The molecule has 230 valence electrons. The van der Waals surface area contributed by atoms with Crippen LogP contribution in [0.2, 0.25) is 0 Å². The molecule has 1 aliphatic heterocycles. The van der Waals surface area contributed by atoms with E-state index in [1.54, 1.807) is 0 Å². The van der Waals surface area contributed by atoms with Gasteiger partial charge in [0.25, 0.3) is 0 Å². The molecule has 0 aromatic heterocycles. The number of ether oxygens (including phenoxy) is 3. The Morgan fingerprint density at radius 3 is 2.42 bits per heavy atom. The number of carbonyl (C=O) groups excluding carboxylic acids is 4. The zero-order chi connectivity index (χ0) is 30.8. The quantitative estimate of drug-likeness (QED) is 0.189. The topological polar surface area (TPSA) is 157 Å². The van der Waals surface area contributed by atoms with Crippen LogP contribution in [0.15, 0.2) is 33.4 Å². The minimum Gasteiger partial charge on any atom is -0.466 e. The van der Waals surface area contributed by atoms with Crippen molar-refractivity contribution in [2.24, 2.45) is 52.3 Å². The molecule has 8 aliphatic rings. The molecule has 0 radical (unpaired) electrons. The summed E-state index contributed by atoms with van der Waals surface area (Å²) >= 11 is 0. The van der Waals surface area contributed by atoms with E-state index in [-0.39, 0.29) is 59.3 Å². The van der Waals surface area contributed by atoms with Crippen LogP contribution in [0, 0.1) is 52.3 Å². The van der Waals surface area contributed by atoms with Crippen LogP contribution >= 0.6 is 0 Å². The smallest absolute Gasteiger partial charge is 0.337 e. The number of carbonyl (C=O) groups is 4. The van der Waals surface area contributed by atoms with E-state index in [2.05, 4.69) is 6.92 Å². The van der Waals surface area contributed by atoms with Crippen molar-refractivity contribution in [3.63, 3.8) is 0 Å². The van der Waals surface area contributed by atoms with E-state index in [9.17, 15) is 34.5 Å². The number of aliphatic hydroxyl groups is 3. The largest absolute Gasteiger partial charge is 0.466 e. The fraction of sp³-hybridized carbons (Fsp3) is 0.697. The third kappa shape index (κ3) is 2.84. The van der Waals surface area contributed by atoms with Crippen molar-refractivity contribution < 1.29 is 48.7 Å². The third-order valence-corrected chi connectivity index (χ3v) is 13.6. The van der Waals surface area contributed by atoms with Gasteiger partial charge in [-0.15, -0.1) is 0 Å². The van der Waals surface area contributed by atoms with Crippen LogP contribution in [0.1, 0.15) is 53.4 Å². The van der Waals surface area contributed by atoms with Crippen molar-refractivity contribution in [3.05, 3.63) is 33.4 Å². The van der Waals surface area contributed by atoms with Crippen LogP contribution < -0.4 is 0 Å². The number of methoxy groups -OCH3 is 1. The van der Waals surface area contributed by atoms with Gasteiger partial charge in [-0.2, -0.15) is 0 Å². The fourth-order valence-electron chi connectivity index (χ4n) is 11.8. The fourth-order valence-corrected chi connectivity index (χ4v) is 11.8. The summed E-state index contributed by atoms with van der Waals surface area (Å²) in [4.78, 5) is 52.9. The lowest BCUT2D eigenvalue weighted by atomic mass is 9.42. The van der Waals surface area contributed by atoms with Crippen molar-refractivity contribution in [2.45, 2.75) is 70.7 Å². The number of Topliss-reactive ketones (excluding diaryl/α,β-unsaturated/α-hetero) is 1. The predicted molar refractivity (Wildman–Crippen MR) is 146 cm³/mol. The van der Waals surface area contributed by atoms with Gasteiger partial charge in [0.05, 0.1) is 25.2 Å². The first-order valence-corrected chi connectivity index (χ1v) is 15.4. The highest BCUT2D eigenvalue weighted by Gasteiger charge is 2.84. The maximum atomic E-state index is 14.3. The Kier molecular flexibility index (Phi) is 5.19. The molecule has 5 fully saturated rings. The second-order valence-corrected chi connectivity index (χ2v) is 14.8. The van der Waals surface area contributed by atoms with Crippen molar-refractivity contribution in [1.82, 2.24) is 0 Å². The van der Waals surface area contributed by atoms with Gasteiger partial charge in [0.1, 0.15) is 23.9 Å². The number of aliphatic hydroxyl groups excluding tert-OH is 2. The molecule has 0 aromatic rings. The van der Waals surface area contributed by atoms with Gasteiger partial charge in [-0.05, 0) is 72.8 Å².